The van der Waals surface area contributed by atoms with Crippen LogP contribution < -0.4 is 16.4 Å². The summed E-state index contributed by atoms with van der Waals surface area (Å²) in [7, 11) is 0. The van der Waals surface area contributed by atoms with Crippen LogP contribution in [0, 0.1) is 0 Å². The van der Waals surface area contributed by atoms with Crippen LogP contribution in [0.5, 0.6) is 0 Å². The zero-order valence-electron chi connectivity index (χ0n) is 12.3. The molecule has 6 heteroatoms. The number of halogens is 1. The summed E-state index contributed by atoms with van der Waals surface area (Å²) in [4.78, 5) is 23.1. The highest BCUT2D eigenvalue weighted by atomic mass is 35.5. The summed E-state index contributed by atoms with van der Waals surface area (Å²) in [6, 6.07) is 9.21. The van der Waals surface area contributed by atoms with Gasteiger partial charge in [0.2, 0.25) is 11.8 Å². The van der Waals surface area contributed by atoms with Gasteiger partial charge in [0.15, 0.2) is 0 Å². The molecule has 0 saturated carbocycles. The van der Waals surface area contributed by atoms with E-state index in [1.807, 2.05) is 37.3 Å². The molecule has 21 heavy (non-hydrogen) atoms. The molecule has 1 unspecified atom stereocenters. The van der Waals surface area contributed by atoms with Crippen molar-refractivity contribution in [2.75, 3.05) is 6.54 Å². The summed E-state index contributed by atoms with van der Waals surface area (Å²) in [5.41, 5.74) is 6.72. The molecule has 0 heterocycles. The summed E-state index contributed by atoms with van der Waals surface area (Å²) in [6.45, 7) is 2.80. The number of amides is 2. The first-order valence-corrected chi connectivity index (χ1v) is 6.97. The number of nitrogens with one attached hydrogen (secondary N) is 2. The van der Waals surface area contributed by atoms with Crippen molar-refractivity contribution in [1.29, 1.82) is 0 Å². The Balaban J connectivity index is 0.00000400. The van der Waals surface area contributed by atoms with Crippen molar-refractivity contribution < 1.29 is 9.59 Å². The van der Waals surface area contributed by atoms with Crippen molar-refractivity contribution >= 4 is 24.2 Å². The first kappa shape index (κ1) is 19.4. The second-order valence-electron chi connectivity index (χ2n) is 4.70. The topological polar surface area (TPSA) is 84.2 Å². The summed E-state index contributed by atoms with van der Waals surface area (Å²) in [5, 5.41) is 5.48. The van der Waals surface area contributed by atoms with Crippen molar-refractivity contribution in [3.63, 3.8) is 0 Å². The molecule has 2 amide bonds. The fraction of sp³-hybridized carbons (Fsp3) is 0.467. The van der Waals surface area contributed by atoms with Gasteiger partial charge in [-0.25, -0.2) is 0 Å². The second-order valence-corrected chi connectivity index (χ2v) is 4.70. The van der Waals surface area contributed by atoms with Gasteiger partial charge in [-0.3, -0.25) is 9.59 Å². The van der Waals surface area contributed by atoms with Crippen LogP contribution in [0.4, 0.5) is 0 Å². The van der Waals surface area contributed by atoms with E-state index in [1.54, 1.807) is 0 Å². The molecule has 0 aliphatic heterocycles. The predicted molar refractivity (Wildman–Crippen MR) is 86.0 cm³/mol. The Morgan fingerprint density at radius 1 is 1.19 bits per heavy atom. The fourth-order valence-electron chi connectivity index (χ4n) is 1.76. The first-order chi connectivity index (χ1) is 9.63. The Hall–Kier alpha value is -1.59. The summed E-state index contributed by atoms with van der Waals surface area (Å²) >= 11 is 0. The number of hydrogen-bond donors (Lipinski definition) is 3. The number of nitrogens with two attached hydrogens (primary N) is 1. The van der Waals surface area contributed by atoms with Gasteiger partial charge in [0, 0.05) is 19.5 Å². The molecular weight excluding hydrogens is 290 g/mol. The lowest BCUT2D eigenvalue weighted by molar-refractivity contribution is -0.123. The van der Waals surface area contributed by atoms with Gasteiger partial charge in [0.25, 0.3) is 0 Å². The molecule has 0 aromatic heterocycles. The van der Waals surface area contributed by atoms with Crippen LogP contribution in [0.3, 0.4) is 0 Å². The van der Waals surface area contributed by atoms with Crippen LogP contribution in [0.2, 0.25) is 0 Å². The highest BCUT2D eigenvalue weighted by Crippen LogP contribution is 1.97. The molecule has 1 aromatic carbocycles. The zero-order valence-corrected chi connectivity index (χ0v) is 13.1. The van der Waals surface area contributed by atoms with Crippen LogP contribution in [0.25, 0.3) is 0 Å². The van der Waals surface area contributed by atoms with Gasteiger partial charge in [0.05, 0.1) is 6.04 Å². The molecule has 0 aliphatic carbocycles. The molecule has 5 nitrogen and oxygen atoms in total. The lowest BCUT2D eigenvalue weighted by Gasteiger charge is -2.11. The number of carbonyl (C=O) groups is 2. The zero-order chi connectivity index (χ0) is 14.8. The van der Waals surface area contributed by atoms with E-state index in [4.69, 9.17) is 5.73 Å². The summed E-state index contributed by atoms with van der Waals surface area (Å²) < 4.78 is 0. The van der Waals surface area contributed by atoms with Gasteiger partial charge in [-0.2, -0.15) is 0 Å². The molecule has 0 saturated heterocycles. The minimum absolute atomic E-state index is 0. The van der Waals surface area contributed by atoms with Crippen LogP contribution in [-0.4, -0.2) is 24.4 Å². The molecule has 1 rings (SSSR count). The molecule has 1 aromatic rings. The van der Waals surface area contributed by atoms with Crippen molar-refractivity contribution in [3.05, 3.63) is 35.9 Å². The highest BCUT2D eigenvalue weighted by molar-refractivity contribution is 5.85. The van der Waals surface area contributed by atoms with Gasteiger partial charge in [0.1, 0.15) is 0 Å². The van der Waals surface area contributed by atoms with Crippen LogP contribution >= 0.6 is 12.4 Å². The maximum Gasteiger partial charge on any atom is 0.236 e. The van der Waals surface area contributed by atoms with E-state index in [2.05, 4.69) is 10.6 Å². The maximum absolute atomic E-state index is 11.6. The molecule has 0 spiro atoms. The average molecular weight is 314 g/mol. The Kier molecular flexibility index (Phi) is 10.3. The van der Waals surface area contributed by atoms with E-state index in [-0.39, 0.29) is 30.6 Å². The van der Waals surface area contributed by atoms with Gasteiger partial charge >= 0.3 is 0 Å². The van der Waals surface area contributed by atoms with Gasteiger partial charge in [-0.05, 0) is 12.0 Å². The normalized spacial score (nSPS) is 11.1. The van der Waals surface area contributed by atoms with Crippen molar-refractivity contribution in [1.82, 2.24) is 10.6 Å². The molecule has 0 radical (unpaired) electrons. The average Bonchev–Trinajstić information content (AvgIpc) is 2.46. The van der Waals surface area contributed by atoms with E-state index in [9.17, 15) is 9.59 Å². The van der Waals surface area contributed by atoms with Crippen LogP contribution in [0.15, 0.2) is 30.3 Å². The third kappa shape index (κ3) is 8.32. The van der Waals surface area contributed by atoms with E-state index >= 15 is 0 Å². The standard InChI is InChI=1S/C15H23N3O2.ClH/c1-2-6-13(16)15(20)17-10-9-14(19)18-11-12-7-4-3-5-8-12;/h3-5,7-8,13H,2,6,9-11,16H2,1H3,(H,17,20)(H,18,19);1H. The monoisotopic (exact) mass is 313 g/mol. The third-order valence-electron chi connectivity index (χ3n) is 2.92. The van der Waals surface area contributed by atoms with E-state index < -0.39 is 6.04 Å². The largest absolute Gasteiger partial charge is 0.354 e. The van der Waals surface area contributed by atoms with E-state index in [0.29, 0.717) is 19.5 Å². The SMILES string of the molecule is CCCC(N)C(=O)NCCC(=O)NCc1ccccc1.Cl. The fourth-order valence-corrected chi connectivity index (χ4v) is 1.76. The summed E-state index contributed by atoms with van der Waals surface area (Å²) in [6.07, 6.45) is 1.79. The first-order valence-electron chi connectivity index (χ1n) is 6.97. The summed E-state index contributed by atoms with van der Waals surface area (Å²) in [5.74, 6) is -0.277. The lowest BCUT2D eigenvalue weighted by Crippen LogP contribution is -2.41. The van der Waals surface area contributed by atoms with E-state index in [1.165, 1.54) is 0 Å². The minimum Gasteiger partial charge on any atom is -0.354 e. The second kappa shape index (κ2) is 11.1. The smallest absolute Gasteiger partial charge is 0.236 e. The van der Waals surface area contributed by atoms with Crippen molar-refractivity contribution in [2.24, 2.45) is 5.73 Å². The van der Waals surface area contributed by atoms with E-state index in [0.717, 1.165) is 12.0 Å². The van der Waals surface area contributed by atoms with Gasteiger partial charge in [-0.15, -0.1) is 12.4 Å². The number of hydrogen-bond acceptors (Lipinski definition) is 3. The Labute approximate surface area is 132 Å². The minimum atomic E-state index is -0.479. The quantitative estimate of drug-likeness (QED) is 0.677. The maximum atomic E-state index is 11.6. The van der Waals surface area contributed by atoms with Crippen LogP contribution in [0.1, 0.15) is 31.7 Å². The predicted octanol–water partition coefficient (Wildman–Crippen LogP) is 1.36. The third-order valence-corrected chi connectivity index (χ3v) is 2.92. The molecule has 118 valence electrons. The molecule has 0 bridgehead atoms. The molecule has 4 N–H and O–H groups in total. The van der Waals surface area contributed by atoms with Crippen molar-refractivity contribution in [2.45, 2.75) is 38.8 Å². The Morgan fingerprint density at radius 2 is 1.86 bits per heavy atom. The number of rotatable bonds is 8. The Bertz CT molecular complexity index is 426. The Morgan fingerprint density at radius 3 is 2.48 bits per heavy atom. The van der Waals surface area contributed by atoms with Gasteiger partial charge < -0.3 is 16.4 Å². The lowest BCUT2D eigenvalue weighted by atomic mass is 10.1. The molecule has 1 atom stereocenters. The molecule has 0 fully saturated rings. The van der Waals surface area contributed by atoms with Crippen LogP contribution in [-0.2, 0) is 16.1 Å². The van der Waals surface area contributed by atoms with Crippen molar-refractivity contribution in [3.8, 4) is 0 Å². The number of benzene rings is 1. The highest BCUT2D eigenvalue weighted by Gasteiger charge is 2.11. The number of carbonyl (C=O) groups excluding carboxylic acids is 2. The molecular formula is C15H24ClN3O2. The van der Waals surface area contributed by atoms with Gasteiger partial charge in [-0.1, -0.05) is 43.7 Å². The molecule has 0 aliphatic rings.